The van der Waals surface area contributed by atoms with Crippen molar-refractivity contribution in [1.82, 2.24) is 15.3 Å². The van der Waals surface area contributed by atoms with Crippen LogP contribution in [0.25, 0.3) is 0 Å². The zero-order valence-electron chi connectivity index (χ0n) is 8.85. The van der Waals surface area contributed by atoms with Crippen molar-refractivity contribution in [3.63, 3.8) is 0 Å². The SMILES string of the molecule is c1cnc(COC[C@@H]2CCCCN2)cn1. The molecule has 0 spiro atoms. The number of nitrogens with zero attached hydrogens (tertiary/aromatic N) is 2. The molecule has 1 aromatic rings. The highest BCUT2D eigenvalue weighted by Gasteiger charge is 2.12. The third kappa shape index (κ3) is 3.57. The van der Waals surface area contributed by atoms with Crippen molar-refractivity contribution in [3.05, 3.63) is 24.3 Å². The first-order chi connectivity index (χ1) is 7.45. The lowest BCUT2D eigenvalue weighted by atomic mass is 10.1. The van der Waals surface area contributed by atoms with Gasteiger partial charge < -0.3 is 10.1 Å². The van der Waals surface area contributed by atoms with Gasteiger partial charge in [-0.15, -0.1) is 0 Å². The minimum atomic E-state index is 0.524. The van der Waals surface area contributed by atoms with Crippen molar-refractivity contribution in [3.8, 4) is 0 Å². The average Bonchev–Trinajstić information content (AvgIpc) is 2.32. The highest BCUT2D eigenvalue weighted by molar-refractivity contribution is 4.92. The summed E-state index contributed by atoms with van der Waals surface area (Å²) < 4.78 is 5.59. The van der Waals surface area contributed by atoms with Crippen molar-refractivity contribution in [2.45, 2.75) is 31.9 Å². The van der Waals surface area contributed by atoms with Crippen LogP contribution >= 0.6 is 0 Å². The van der Waals surface area contributed by atoms with E-state index in [1.807, 2.05) is 0 Å². The Kier molecular flexibility index (Phi) is 4.05. The number of nitrogens with one attached hydrogen (secondary N) is 1. The largest absolute Gasteiger partial charge is 0.373 e. The molecule has 15 heavy (non-hydrogen) atoms. The van der Waals surface area contributed by atoms with Gasteiger partial charge in [-0.25, -0.2) is 0 Å². The van der Waals surface area contributed by atoms with Crippen molar-refractivity contribution >= 4 is 0 Å². The zero-order valence-corrected chi connectivity index (χ0v) is 8.85. The van der Waals surface area contributed by atoms with Gasteiger partial charge in [-0.3, -0.25) is 9.97 Å². The van der Waals surface area contributed by atoms with Crippen LogP contribution in [0.2, 0.25) is 0 Å². The van der Waals surface area contributed by atoms with E-state index in [0.29, 0.717) is 12.6 Å². The number of piperidine rings is 1. The Morgan fingerprint density at radius 1 is 1.40 bits per heavy atom. The van der Waals surface area contributed by atoms with Crippen LogP contribution in [-0.2, 0) is 11.3 Å². The van der Waals surface area contributed by atoms with E-state index in [1.54, 1.807) is 18.6 Å². The molecule has 4 nitrogen and oxygen atoms in total. The fourth-order valence-corrected chi connectivity index (χ4v) is 1.78. The predicted molar refractivity (Wildman–Crippen MR) is 57.3 cm³/mol. The van der Waals surface area contributed by atoms with E-state index in [-0.39, 0.29) is 0 Å². The van der Waals surface area contributed by atoms with Gasteiger partial charge in [0.05, 0.1) is 25.1 Å². The summed E-state index contributed by atoms with van der Waals surface area (Å²) in [5.74, 6) is 0. The van der Waals surface area contributed by atoms with Gasteiger partial charge >= 0.3 is 0 Å². The number of hydrogen-bond donors (Lipinski definition) is 1. The molecule has 1 saturated heterocycles. The smallest absolute Gasteiger partial charge is 0.0904 e. The van der Waals surface area contributed by atoms with E-state index < -0.39 is 0 Å². The van der Waals surface area contributed by atoms with Gasteiger partial charge in [0.1, 0.15) is 0 Å². The maximum Gasteiger partial charge on any atom is 0.0904 e. The minimum absolute atomic E-state index is 0.524. The normalized spacial score (nSPS) is 21.5. The quantitative estimate of drug-likeness (QED) is 0.804. The van der Waals surface area contributed by atoms with Gasteiger partial charge in [0.25, 0.3) is 0 Å². The van der Waals surface area contributed by atoms with Gasteiger partial charge in [-0.1, -0.05) is 6.42 Å². The van der Waals surface area contributed by atoms with Crippen molar-refractivity contribution in [2.24, 2.45) is 0 Å². The molecule has 0 aromatic carbocycles. The van der Waals surface area contributed by atoms with E-state index in [4.69, 9.17) is 4.74 Å². The van der Waals surface area contributed by atoms with E-state index >= 15 is 0 Å². The van der Waals surface area contributed by atoms with E-state index in [1.165, 1.54) is 19.3 Å². The molecule has 82 valence electrons. The molecule has 1 atom stereocenters. The summed E-state index contributed by atoms with van der Waals surface area (Å²) >= 11 is 0. The Labute approximate surface area is 90.1 Å². The first-order valence-electron chi connectivity index (χ1n) is 5.51. The molecule has 0 radical (unpaired) electrons. The molecule has 0 aliphatic carbocycles. The maximum absolute atomic E-state index is 5.59. The Hall–Kier alpha value is -1.00. The molecule has 1 aliphatic rings. The first-order valence-corrected chi connectivity index (χ1v) is 5.51. The van der Waals surface area contributed by atoms with Gasteiger partial charge in [-0.2, -0.15) is 0 Å². The highest BCUT2D eigenvalue weighted by atomic mass is 16.5. The third-order valence-corrected chi connectivity index (χ3v) is 2.60. The summed E-state index contributed by atoms with van der Waals surface area (Å²) in [4.78, 5) is 8.15. The standard InChI is InChI=1S/C11H17N3O/c1-2-4-13-10(3-1)8-15-9-11-7-12-5-6-14-11/h5-7,10,13H,1-4,8-9H2/t10-/m0/s1. The average molecular weight is 207 g/mol. The van der Waals surface area contributed by atoms with Crippen molar-refractivity contribution < 1.29 is 4.74 Å². The molecule has 1 fully saturated rings. The predicted octanol–water partition coefficient (Wildman–Crippen LogP) is 1.14. The first kappa shape index (κ1) is 10.5. The van der Waals surface area contributed by atoms with Crippen LogP contribution in [0.5, 0.6) is 0 Å². The van der Waals surface area contributed by atoms with Crippen LogP contribution in [0, 0.1) is 0 Å². The molecule has 0 amide bonds. The minimum Gasteiger partial charge on any atom is -0.373 e. The number of hydrogen-bond acceptors (Lipinski definition) is 4. The Morgan fingerprint density at radius 2 is 2.40 bits per heavy atom. The summed E-state index contributed by atoms with van der Waals surface area (Å²) in [5.41, 5.74) is 0.897. The van der Waals surface area contributed by atoms with E-state index in [2.05, 4.69) is 15.3 Å². The van der Waals surface area contributed by atoms with Crippen molar-refractivity contribution in [2.75, 3.05) is 13.2 Å². The molecule has 0 bridgehead atoms. The van der Waals surface area contributed by atoms with Gasteiger partial charge in [0, 0.05) is 18.4 Å². The number of aromatic nitrogens is 2. The highest BCUT2D eigenvalue weighted by Crippen LogP contribution is 2.07. The Balaban J connectivity index is 1.66. The second-order valence-corrected chi connectivity index (χ2v) is 3.86. The molecule has 1 aliphatic heterocycles. The maximum atomic E-state index is 5.59. The molecular weight excluding hydrogens is 190 g/mol. The topological polar surface area (TPSA) is 47.0 Å². The summed E-state index contributed by atoms with van der Waals surface area (Å²) in [6.45, 7) is 2.46. The number of ether oxygens (including phenoxy) is 1. The third-order valence-electron chi connectivity index (χ3n) is 2.60. The van der Waals surface area contributed by atoms with Crippen LogP contribution in [0.4, 0.5) is 0 Å². The van der Waals surface area contributed by atoms with E-state index in [0.717, 1.165) is 18.8 Å². The summed E-state index contributed by atoms with van der Waals surface area (Å²) in [6, 6.07) is 0.524. The van der Waals surface area contributed by atoms with Gasteiger partial charge in [0.15, 0.2) is 0 Å². The molecule has 1 aromatic heterocycles. The van der Waals surface area contributed by atoms with Crippen LogP contribution in [0.15, 0.2) is 18.6 Å². The van der Waals surface area contributed by atoms with Crippen molar-refractivity contribution in [1.29, 1.82) is 0 Å². The van der Waals surface area contributed by atoms with Crippen LogP contribution in [0.1, 0.15) is 25.0 Å². The molecular formula is C11H17N3O. The lowest BCUT2D eigenvalue weighted by molar-refractivity contribution is 0.0888. The van der Waals surface area contributed by atoms with Crippen LogP contribution in [0.3, 0.4) is 0 Å². The molecule has 4 heteroatoms. The second-order valence-electron chi connectivity index (χ2n) is 3.86. The lowest BCUT2D eigenvalue weighted by Gasteiger charge is -2.22. The monoisotopic (exact) mass is 207 g/mol. The second kappa shape index (κ2) is 5.78. The zero-order chi connectivity index (χ0) is 10.3. The van der Waals surface area contributed by atoms with E-state index in [9.17, 15) is 0 Å². The molecule has 1 N–H and O–H groups in total. The molecule has 0 saturated carbocycles. The fraction of sp³-hybridized carbons (Fsp3) is 0.636. The summed E-state index contributed by atoms with van der Waals surface area (Å²) in [7, 11) is 0. The molecule has 2 rings (SSSR count). The summed E-state index contributed by atoms with van der Waals surface area (Å²) in [6.07, 6.45) is 8.94. The Morgan fingerprint density at radius 3 is 3.13 bits per heavy atom. The summed E-state index contributed by atoms with van der Waals surface area (Å²) in [5, 5.41) is 3.44. The fourth-order valence-electron chi connectivity index (χ4n) is 1.78. The van der Waals surface area contributed by atoms with Crippen LogP contribution in [-0.4, -0.2) is 29.2 Å². The van der Waals surface area contributed by atoms with Gasteiger partial charge in [-0.05, 0) is 19.4 Å². The van der Waals surface area contributed by atoms with Crippen LogP contribution < -0.4 is 5.32 Å². The number of rotatable bonds is 4. The molecule has 2 heterocycles. The lowest BCUT2D eigenvalue weighted by Crippen LogP contribution is -2.37. The van der Waals surface area contributed by atoms with Gasteiger partial charge in [0.2, 0.25) is 0 Å². The Bertz CT molecular complexity index is 272. The molecule has 0 unspecified atom stereocenters.